The van der Waals surface area contributed by atoms with Gasteiger partial charge < -0.3 is 25.4 Å². The molecular formula is C29H41N3O5. The van der Waals surface area contributed by atoms with Gasteiger partial charge in [-0.2, -0.15) is 0 Å². The Morgan fingerprint density at radius 2 is 1.65 bits per heavy atom. The van der Waals surface area contributed by atoms with Crippen LogP contribution in [0.2, 0.25) is 0 Å². The molecular weight excluding hydrogens is 470 g/mol. The number of hydrogen-bond donors (Lipinski definition) is 3. The minimum atomic E-state index is -1.09. The Labute approximate surface area is 220 Å². The molecule has 8 nitrogen and oxygen atoms in total. The van der Waals surface area contributed by atoms with Crippen LogP contribution in [0.1, 0.15) is 70.7 Å². The first-order valence-corrected chi connectivity index (χ1v) is 12.8. The number of hydrogen-bond acceptors (Lipinski definition) is 5. The molecule has 0 radical (unpaired) electrons. The van der Waals surface area contributed by atoms with Gasteiger partial charge in [-0.3, -0.25) is 9.59 Å². The van der Waals surface area contributed by atoms with Gasteiger partial charge in [0.1, 0.15) is 23.4 Å². The fourth-order valence-electron chi connectivity index (χ4n) is 4.02. The predicted octanol–water partition coefficient (Wildman–Crippen LogP) is 4.64. The van der Waals surface area contributed by atoms with Crippen molar-refractivity contribution >= 4 is 17.9 Å². The summed E-state index contributed by atoms with van der Waals surface area (Å²) in [5.74, 6) is -0.894. The van der Waals surface area contributed by atoms with E-state index >= 15 is 0 Å². The lowest BCUT2D eigenvalue weighted by Gasteiger charge is -2.35. The monoisotopic (exact) mass is 511 g/mol. The van der Waals surface area contributed by atoms with E-state index in [0.29, 0.717) is 17.5 Å². The van der Waals surface area contributed by atoms with Gasteiger partial charge in [0.05, 0.1) is 0 Å². The number of rotatable bonds is 10. The van der Waals surface area contributed by atoms with E-state index in [2.05, 4.69) is 10.6 Å². The number of alkyl carbamates (subject to hydrolysis) is 1. The number of aryl methyl sites for hydroxylation is 1. The molecule has 0 spiro atoms. The number of nitrogens with one attached hydrogen (secondary N) is 2. The molecule has 0 aliphatic carbocycles. The zero-order valence-electron chi connectivity index (χ0n) is 23.0. The summed E-state index contributed by atoms with van der Waals surface area (Å²) in [6, 6.07) is 12.2. The number of phenolic OH excluding ortho intramolecular Hbond substituents is 1. The van der Waals surface area contributed by atoms with Crippen molar-refractivity contribution in [1.29, 1.82) is 0 Å². The van der Waals surface area contributed by atoms with E-state index in [1.165, 1.54) is 4.90 Å². The number of aromatic hydroxyl groups is 1. The van der Waals surface area contributed by atoms with E-state index in [0.717, 1.165) is 5.56 Å². The standard InChI is InChI=1S/C29H41N3O5/c1-8-17-32(24(26(34)30-19(2)3)22-16-12-13-20(4)25(22)33)27(35)23(18-21-14-10-9-11-15-21)31-28(36)37-29(5,6)7/h9-16,19,23-24,33H,8,17-18H2,1-7H3,(H,30,34)(H,31,36). The molecule has 0 fully saturated rings. The zero-order valence-corrected chi connectivity index (χ0v) is 23.0. The molecule has 0 aliphatic heterocycles. The van der Waals surface area contributed by atoms with Crippen LogP contribution in [0.3, 0.4) is 0 Å². The number of para-hydroxylation sites is 1. The summed E-state index contributed by atoms with van der Waals surface area (Å²) in [5.41, 5.74) is 1.02. The van der Waals surface area contributed by atoms with Crippen LogP contribution < -0.4 is 10.6 Å². The van der Waals surface area contributed by atoms with Gasteiger partial charge in [-0.15, -0.1) is 0 Å². The molecule has 2 atom stereocenters. The first-order chi connectivity index (χ1) is 17.3. The molecule has 2 aromatic rings. The summed E-state index contributed by atoms with van der Waals surface area (Å²) >= 11 is 0. The second-order valence-electron chi connectivity index (χ2n) is 10.5. The van der Waals surface area contributed by atoms with Crippen molar-refractivity contribution in [2.45, 2.75) is 85.0 Å². The van der Waals surface area contributed by atoms with Crippen LogP contribution in [0.15, 0.2) is 48.5 Å². The Morgan fingerprint density at radius 3 is 2.22 bits per heavy atom. The van der Waals surface area contributed by atoms with E-state index in [1.54, 1.807) is 45.9 Å². The van der Waals surface area contributed by atoms with Gasteiger partial charge in [-0.05, 0) is 59.1 Å². The van der Waals surface area contributed by atoms with Crippen LogP contribution in [0.4, 0.5) is 4.79 Å². The number of phenols is 1. The van der Waals surface area contributed by atoms with Crippen LogP contribution >= 0.6 is 0 Å². The fourth-order valence-corrected chi connectivity index (χ4v) is 4.02. The maximum atomic E-state index is 14.1. The molecule has 2 rings (SSSR count). The van der Waals surface area contributed by atoms with Crippen molar-refractivity contribution in [3.63, 3.8) is 0 Å². The molecule has 2 aromatic carbocycles. The highest BCUT2D eigenvalue weighted by atomic mass is 16.6. The molecule has 3 amide bonds. The first kappa shape index (κ1) is 29.7. The topological polar surface area (TPSA) is 108 Å². The normalized spacial score (nSPS) is 13.0. The lowest BCUT2D eigenvalue weighted by molar-refractivity contribution is -0.142. The Morgan fingerprint density at radius 1 is 1.00 bits per heavy atom. The van der Waals surface area contributed by atoms with E-state index in [-0.39, 0.29) is 24.8 Å². The molecule has 37 heavy (non-hydrogen) atoms. The average Bonchev–Trinajstić information content (AvgIpc) is 2.79. The van der Waals surface area contributed by atoms with Gasteiger partial charge in [-0.1, -0.05) is 55.5 Å². The van der Waals surface area contributed by atoms with Gasteiger partial charge >= 0.3 is 6.09 Å². The van der Waals surface area contributed by atoms with Crippen molar-refractivity contribution in [3.8, 4) is 5.75 Å². The van der Waals surface area contributed by atoms with E-state index in [4.69, 9.17) is 4.74 Å². The maximum Gasteiger partial charge on any atom is 0.408 e. The summed E-state index contributed by atoms with van der Waals surface area (Å²) in [4.78, 5) is 41.8. The van der Waals surface area contributed by atoms with Crippen LogP contribution in [0.5, 0.6) is 5.75 Å². The number of ether oxygens (including phenoxy) is 1. The third-order valence-electron chi connectivity index (χ3n) is 5.57. The first-order valence-electron chi connectivity index (χ1n) is 12.8. The number of benzene rings is 2. The molecule has 0 saturated carbocycles. The van der Waals surface area contributed by atoms with Gasteiger partial charge in [0.15, 0.2) is 0 Å². The largest absolute Gasteiger partial charge is 0.507 e. The van der Waals surface area contributed by atoms with Gasteiger partial charge in [0, 0.05) is 24.6 Å². The summed E-state index contributed by atoms with van der Waals surface area (Å²) in [6.45, 7) is 12.8. The molecule has 0 saturated heterocycles. The summed E-state index contributed by atoms with van der Waals surface area (Å²) in [5, 5.41) is 16.5. The SMILES string of the molecule is CCCN(C(=O)C(Cc1ccccc1)NC(=O)OC(C)(C)C)C(C(=O)NC(C)C)c1cccc(C)c1O. The molecule has 0 aliphatic rings. The van der Waals surface area contributed by atoms with Gasteiger partial charge in [-0.25, -0.2) is 4.79 Å². The Bertz CT molecular complexity index is 1060. The average molecular weight is 512 g/mol. The molecule has 8 heteroatoms. The summed E-state index contributed by atoms with van der Waals surface area (Å²) in [7, 11) is 0. The fraction of sp³-hybridized carbons (Fsp3) is 0.483. The molecule has 0 heterocycles. The quantitative estimate of drug-likeness (QED) is 0.431. The second-order valence-corrected chi connectivity index (χ2v) is 10.5. The van der Waals surface area contributed by atoms with E-state index < -0.39 is 35.6 Å². The molecule has 2 unspecified atom stereocenters. The van der Waals surface area contributed by atoms with Crippen molar-refractivity contribution in [2.75, 3.05) is 6.54 Å². The van der Waals surface area contributed by atoms with Gasteiger partial charge in [0.2, 0.25) is 11.8 Å². The molecule has 0 aromatic heterocycles. The minimum absolute atomic E-state index is 0.0416. The smallest absolute Gasteiger partial charge is 0.408 e. The number of carbonyl (C=O) groups is 3. The number of nitrogens with zero attached hydrogens (tertiary/aromatic N) is 1. The summed E-state index contributed by atoms with van der Waals surface area (Å²) < 4.78 is 5.44. The van der Waals surface area contributed by atoms with E-state index in [9.17, 15) is 19.5 Å². The van der Waals surface area contributed by atoms with Gasteiger partial charge in [0.25, 0.3) is 0 Å². The van der Waals surface area contributed by atoms with Crippen molar-refractivity contribution in [3.05, 3.63) is 65.2 Å². The predicted molar refractivity (Wildman–Crippen MR) is 144 cm³/mol. The van der Waals surface area contributed by atoms with Crippen LogP contribution in [-0.4, -0.2) is 52.1 Å². The van der Waals surface area contributed by atoms with Crippen molar-refractivity contribution < 1.29 is 24.2 Å². The molecule has 3 N–H and O–H groups in total. The zero-order chi connectivity index (χ0) is 27.8. The maximum absolute atomic E-state index is 14.1. The minimum Gasteiger partial charge on any atom is -0.507 e. The van der Waals surface area contributed by atoms with Crippen LogP contribution in [0.25, 0.3) is 0 Å². The van der Waals surface area contributed by atoms with Crippen LogP contribution in [-0.2, 0) is 20.7 Å². The third-order valence-corrected chi connectivity index (χ3v) is 5.57. The lowest BCUT2D eigenvalue weighted by atomic mass is 9.97. The Balaban J connectivity index is 2.56. The summed E-state index contributed by atoms with van der Waals surface area (Å²) in [6.07, 6.45) is 0.0472. The Kier molecular flexibility index (Phi) is 10.5. The highest BCUT2D eigenvalue weighted by Gasteiger charge is 2.37. The lowest BCUT2D eigenvalue weighted by Crippen LogP contribution is -2.54. The highest BCUT2D eigenvalue weighted by Crippen LogP contribution is 2.32. The van der Waals surface area contributed by atoms with Crippen molar-refractivity contribution in [2.24, 2.45) is 0 Å². The molecule has 202 valence electrons. The third kappa shape index (κ3) is 8.81. The van der Waals surface area contributed by atoms with Crippen molar-refractivity contribution in [1.82, 2.24) is 15.5 Å². The van der Waals surface area contributed by atoms with E-state index in [1.807, 2.05) is 51.1 Å². The number of amides is 3. The highest BCUT2D eigenvalue weighted by molar-refractivity contribution is 5.92. The van der Waals surface area contributed by atoms with Crippen LogP contribution in [0, 0.1) is 6.92 Å². The number of carbonyl (C=O) groups excluding carboxylic acids is 3. The molecule has 0 bridgehead atoms. The Hall–Kier alpha value is -3.55. The second kappa shape index (κ2) is 13.1.